The molecule has 22 heavy (non-hydrogen) atoms. The number of hydrogen-bond acceptors (Lipinski definition) is 4. The first-order valence-electron chi connectivity index (χ1n) is 8.13. The minimum Gasteiger partial charge on any atom is -0.356 e. The zero-order valence-corrected chi connectivity index (χ0v) is 14.7. The topological polar surface area (TPSA) is 85.8 Å². The lowest BCUT2D eigenvalue weighted by Crippen LogP contribution is -2.42. The van der Waals surface area contributed by atoms with Crippen LogP contribution in [0.3, 0.4) is 0 Å². The van der Waals surface area contributed by atoms with E-state index in [9.17, 15) is 8.42 Å². The zero-order valence-electron chi connectivity index (χ0n) is 13.9. The van der Waals surface area contributed by atoms with Gasteiger partial charge in [0.1, 0.15) is 0 Å². The van der Waals surface area contributed by atoms with E-state index in [0.717, 1.165) is 25.8 Å². The van der Waals surface area contributed by atoms with E-state index in [1.807, 2.05) is 0 Å². The van der Waals surface area contributed by atoms with Crippen molar-refractivity contribution in [3.05, 3.63) is 0 Å². The standard InChI is InChI=1S/C14H31N5O2S/c1-15-14(17-9-10-18-22(2,20)21)16-8-7-13-19-11-5-3-4-6-12-19/h18H,3-13H2,1-2H3,(H2,15,16,17). The van der Waals surface area contributed by atoms with Crippen molar-refractivity contribution in [2.24, 2.45) is 4.99 Å². The molecule has 0 saturated carbocycles. The first-order valence-corrected chi connectivity index (χ1v) is 10.0. The molecule has 1 aliphatic heterocycles. The Morgan fingerprint density at radius 1 is 1.05 bits per heavy atom. The molecule has 0 unspecified atom stereocenters. The molecule has 0 bridgehead atoms. The summed E-state index contributed by atoms with van der Waals surface area (Å²) in [4.78, 5) is 6.67. The summed E-state index contributed by atoms with van der Waals surface area (Å²) >= 11 is 0. The van der Waals surface area contributed by atoms with Gasteiger partial charge in [-0.15, -0.1) is 0 Å². The highest BCUT2D eigenvalue weighted by Crippen LogP contribution is 2.09. The molecule has 0 aromatic heterocycles. The highest BCUT2D eigenvalue weighted by Gasteiger charge is 2.08. The number of likely N-dealkylation sites (tertiary alicyclic amines) is 1. The van der Waals surface area contributed by atoms with E-state index < -0.39 is 10.0 Å². The Hall–Kier alpha value is -0.860. The van der Waals surface area contributed by atoms with Gasteiger partial charge in [-0.25, -0.2) is 13.1 Å². The Kier molecular flexibility index (Phi) is 9.42. The Morgan fingerprint density at radius 2 is 1.68 bits per heavy atom. The highest BCUT2D eigenvalue weighted by atomic mass is 32.2. The van der Waals surface area contributed by atoms with Crippen LogP contribution in [-0.2, 0) is 10.0 Å². The molecule has 0 radical (unpaired) electrons. The lowest BCUT2D eigenvalue weighted by molar-refractivity contribution is 0.282. The van der Waals surface area contributed by atoms with Crippen molar-refractivity contribution in [1.82, 2.24) is 20.3 Å². The molecule has 1 saturated heterocycles. The molecule has 1 rings (SSSR count). The molecule has 1 fully saturated rings. The van der Waals surface area contributed by atoms with Gasteiger partial charge in [-0.2, -0.15) is 0 Å². The van der Waals surface area contributed by atoms with Crippen molar-refractivity contribution < 1.29 is 8.42 Å². The Bertz CT molecular complexity index is 417. The summed E-state index contributed by atoms with van der Waals surface area (Å²) in [6.45, 7) is 5.32. The molecule has 7 nitrogen and oxygen atoms in total. The molecule has 0 aromatic rings. The second kappa shape index (κ2) is 10.8. The lowest BCUT2D eigenvalue weighted by atomic mass is 10.2. The van der Waals surface area contributed by atoms with Gasteiger partial charge in [0.25, 0.3) is 0 Å². The fourth-order valence-electron chi connectivity index (χ4n) is 2.51. The SMILES string of the molecule is CN=C(NCCCN1CCCCCC1)NCCNS(C)(=O)=O. The molecule has 0 atom stereocenters. The van der Waals surface area contributed by atoms with Gasteiger partial charge in [-0.1, -0.05) is 12.8 Å². The first-order chi connectivity index (χ1) is 10.5. The number of hydrogen-bond donors (Lipinski definition) is 3. The molecule has 1 aliphatic rings. The highest BCUT2D eigenvalue weighted by molar-refractivity contribution is 7.88. The molecular formula is C14H31N5O2S. The largest absolute Gasteiger partial charge is 0.356 e. The van der Waals surface area contributed by atoms with Crippen LogP contribution in [0.2, 0.25) is 0 Å². The van der Waals surface area contributed by atoms with Gasteiger partial charge in [0.15, 0.2) is 5.96 Å². The Balaban J connectivity index is 2.08. The summed E-state index contributed by atoms with van der Waals surface area (Å²) in [6, 6.07) is 0. The summed E-state index contributed by atoms with van der Waals surface area (Å²) in [7, 11) is -1.40. The van der Waals surface area contributed by atoms with Crippen LogP contribution in [0.5, 0.6) is 0 Å². The van der Waals surface area contributed by atoms with Gasteiger partial charge in [0.05, 0.1) is 6.26 Å². The van der Waals surface area contributed by atoms with E-state index in [2.05, 4.69) is 25.2 Å². The smallest absolute Gasteiger partial charge is 0.208 e. The average Bonchev–Trinajstić information content (AvgIpc) is 2.73. The van der Waals surface area contributed by atoms with Crippen LogP contribution < -0.4 is 15.4 Å². The fourth-order valence-corrected chi connectivity index (χ4v) is 2.98. The predicted molar refractivity (Wildman–Crippen MR) is 91.7 cm³/mol. The van der Waals surface area contributed by atoms with Crippen molar-refractivity contribution in [3.8, 4) is 0 Å². The number of rotatable bonds is 8. The molecule has 0 aromatic carbocycles. The minimum absolute atomic E-state index is 0.354. The maximum atomic E-state index is 10.9. The van der Waals surface area contributed by atoms with E-state index in [0.29, 0.717) is 19.0 Å². The van der Waals surface area contributed by atoms with E-state index in [4.69, 9.17) is 0 Å². The lowest BCUT2D eigenvalue weighted by Gasteiger charge is -2.20. The maximum Gasteiger partial charge on any atom is 0.208 e. The second-order valence-corrected chi connectivity index (χ2v) is 7.53. The molecule has 0 amide bonds. The predicted octanol–water partition coefficient (Wildman–Crippen LogP) is -0.0333. The molecular weight excluding hydrogens is 302 g/mol. The maximum absolute atomic E-state index is 10.9. The van der Waals surface area contributed by atoms with Crippen molar-refractivity contribution in [2.45, 2.75) is 32.1 Å². The van der Waals surface area contributed by atoms with Crippen molar-refractivity contribution in [2.75, 3.05) is 52.6 Å². The molecule has 1 heterocycles. The fraction of sp³-hybridized carbons (Fsp3) is 0.929. The summed E-state index contributed by atoms with van der Waals surface area (Å²) in [5.74, 6) is 0.714. The van der Waals surface area contributed by atoms with Gasteiger partial charge >= 0.3 is 0 Å². The van der Waals surface area contributed by atoms with Crippen LogP contribution in [0.25, 0.3) is 0 Å². The van der Waals surface area contributed by atoms with Gasteiger partial charge in [-0.3, -0.25) is 4.99 Å². The molecule has 3 N–H and O–H groups in total. The van der Waals surface area contributed by atoms with Crippen LogP contribution in [-0.4, -0.2) is 71.8 Å². The third kappa shape index (κ3) is 9.97. The van der Waals surface area contributed by atoms with E-state index >= 15 is 0 Å². The van der Waals surface area contributed by atoms with Crippen molar-refractivity contribution in [3.63, 3.8) is 0 Å². The van der Waals surface area contributed by atoms with Crippen molar-refractivity contribution in [1.29, 1.82) is 0 Å². The zero-order chi connectivity index (χ0) is 16.3. The number of guanidine groups is 1. The number of aliphatic imine (C=N–C) groups is 1. The summed E-state index contributed by atoms with van der Waals surface area (Å²) in [5, 5.41) is 6.35. The Morgan fingerprint density at radius 3 is 2.27 bits per heavy atom. The quantitative estimate of drug-likeness (QED) is 0.330. The van der Waals surface area contributed by atoms with Crippen LogP contribution >= 0.6 is 0 Å². The third-order valence-corrected chi connectivity index (χ3v) is 4.38. The minimum atomic E-state index is -3.12. The van der Waals surface area contributed by atoms with Gasteiger partial charge in [-0.05, 0) is 38.9 Å². The summed E-state index contributed by atoms with van der Waals surface area (Å²) < 4.78 is 24.3. The third-order valence-electron chi connectivity index (χ3n) is 3.65. The van der Waals surface area contributed by atoms with Crippen LogP contribution in [0.15, 0.2) is 4.99 Å². The van der Waals surface area contributed by atoms with Gasteiger partial charge in [0, 0.05) is 26.7 Å². The summed E-state index contributed by atoms with van der Waals surface area (Å²) in [5.41, 5.74) is 0. The van der Waals surface area contributed by atoms with Crippen LogP contribution in [0.4, 0.5) is 0 Å². The molecule has 0 spiro atoms. The van der Waals surface area contributed by atoms with E-state index in [1.54, 1.807) is 7.05 Å². The number of nitrogens with zero attached hydrogens (tertiary/aromatic N) is 2. The first kappa shape index (κ1) is 19.2. The van der Waals surface area contributed by atoms with Gasteiger partial charge in [0.2, 0.25) is 10.0 Å². The van der Waals surface area contributed by atoms with E-state index in [-0.39, 0.29) is 0 Å². The number of sulfonamides is 1. The Labute approximate surface area is 135 Å². The van der Waals surface area contributed by atoms with E-state index in [1.165, 1.54) is 38.8 Å². The monoisotopic (exact) mass is 333 g/mol. The average molecular weight is 334 g/mol. The van der Waals surface area contributed by atoms with Crippen LogP contribution in [0, 0.1) is 0 Å². The van der Waals surface area contributed by atoms with Crippen LogP contribution in [0.1, 0.15) is 32.1 Å². The molecule has 0 aliphatic carbocycles. The summed E-state index contributed by atoms with van der Waals surface area (Å²) in [6.07, 6.45) is 7.62. The molecule has 130 valence electrons. The second-order valence-electron chi connectivity index (χ2n) is 5.70. The van der Waals surface area contributed by atoms with Gasteiger partial charge < -0.3 is 15.5 Å². The number of nitrogens with one attached hydrogen (secondary N) is 3. The normalized spacial score (nSPS) is 18.0. The van der Waals surface area contributed by atoms with Crippen molar-refractivity contribution >= 4 is 16.0 Å². The molecule has 8 heteroatoms.